The zero-order valence-electron chi connectivity index (χ0n) is 20.5. The number of aromatic nitrogens is 3. The summed E-state index contributed by atoms with van der Waals surface area (Å²) in [6, 6.07) is 11.7. The molecule has 11 heteroatoms. The highest BCUT2D eigenvalue weighted by atomic mass is 32.2. The van der Waals surface area contributed by atoms with E-state index in [0.717, 1.165) is 42.2 Å². The van der Waals surface area contributed by atoms with E-state index in [4.69, 9.17) is 0 Å². The predicted molar refractivity (Wildman–Crippen MR) is 136 cm³/mol. The molecule has 0 saturated carbocycles. The molecule has 37 heavy (non-hydrogen) atoms. The maximum Gasteiger partial charge on any atom is 0.416 e. The summed E-state index contributed by atoms with van der Waals surface area (Å²) in [5, 5.41) is 7.71. The lowest BCUT2D eigenvalue weighted by Crippen LogP contribution is -2.55. The minimum atomic E-state index is -4.70. The average Bonchev–Trinajstić information content (AvgIpc) is 3.26. The fourth-order valence-electron chi connectivity index (χ4n) is 4.83. The van der Waals surface area contributed by atoms with Crippen molar-refractivity contribution in [1.82, 2.24) is 19.9 Å². The molecule has 5 rings (SSSR count). The van der Waals surface area contributed by atoms with E-state index >= 15 is 0 Å². The molecular formula is C26H26F3N5O2S. The van der Waals surface area contributed by atoms with E-state index in [1.807, 2.05) is 12.1 Å². The van der Waals surface area contributed by atoms with Crippen LogP contribution in [0.1, 0.15) is 19.4 Å². The van der Waals surface area contributed by atoms with Crippen molar-refractivity contribution in [2.45, 2.75) is 37.0 Å². The van der Waals surface area contributed by atoms with Crippen molar-refractivity contribution >= 4 is 21.2 Å². The molecule has 4 aromatic rings. The Morgan fingerprint density at radius 2 is 1.62 bits per heavy atom. The van der Waals surface area contributed by atoms with Gasteiger partial charge in [-0.15, -0.1) is 0 Å². The predicted octanol–water partition coefficient (Wildman–Crippen LogP) is 4.67. The first-order valence-electron chi connectivity index (χ1n) is 11.8. The minimum absolute atomic E-state index is 0.0779. The molecule has 0 aliphatic carbocycles. The third kappa shape index (κ3) is 4.93. The van der Waals surface area contributed by atoms with Gasteiger partial charge in [0.2, 0.25) is 0 Å². The SMILES string of the molecule is C[C@@H]1CNC[C@H](C)N1c1ccc(-c2cnc3c(-c4cc(C(F)(F)F)cc(S(C)(=O)=O)c4)cnn3c2)cc1. The maximum absolute atomic E-state index is 13.5. The van der Waals surface area contributed by atoms with Gasteiger partial charge in [0.15, 0.2) is 15.5 Å². The van der Waals surface area contributed by atoms with Crippen LogP contribution in [0.4, 0.5) is 18.9 Å². The van der Waals surface area contributed by atoms with Crippen LogP contribution in [0.25, 0.3) is 27.9 Å². The Hall–Kier alpha value is -3.44. The van der Waals surface area contributed by atoms with Gasteiger partial charge in [-0.2, -0.15) is 18.3 Å². The quantitative estimate of drug-likeness (QED) is 0.414. The van der Waals surface area contributed by atoms with E-state index in [1.165, 1.54) is 16.8 Å². The highest BCUT2D eigenvalue weighted by molar-refractivity contribution is 7.90. The summed E-state index contributed by atoms with van der Waals surface area (Å²) in [6.07, 6.45) is 0.954. The molecule has 3 heterocycles. The summed E-state index contributed by atoms with van der Waals surface area (Å²) in [5.74, 6) is 0. The van der Waals surface area contributed by atoms with Gasteiger partial charge in [-0.1, -0.05) is 12.1 Å². The molecule has 0 unspecified atom stereocenters. The molecule has 1 N–H and O–H groups in total. The van der Waals surface area contributed by atoms with Crippen LogP contribution in [0.5, 0.6) is 0 Å². The number of fused-ring (bicyclic) bond motifs is 1. The number of anilines is 1. The van der Waals surface area contributed by atoms with E-state index in [-0.39, 0.29) is 5.56 Å². The van der Waals surface area contributed by atoms with Crippen LogP contribution in [-0.4, -0.2) is 54.4 Å². The van der Waals surface area contributed by atoms with E-state index in [0.29, 0.717) is 29.4 Å². The summed E-state index contributed by atoms with van der Waals surface area (Å²) in [7, 11) is -3.87. The summed E-state index contributed by atoms with van der Waals surface area (Å²) in [6.45, 7) is 6.22. The molecule has 0 amide bonds. The molecule has 0 radical (unpaired) electrons. The minimum Gasteiger partial charge on any atom is -0.364 e. The Balaban J connectivity index is 1.50. The second kappa shape index (κ2) is 9.14. The molecule has 0 spiro atoms. The van der Waals surface area contributed by atoms with Gasteiger partial charge in [-0.05, 0) is 55.3 Å². The van der Waals surface area contributed by atoms with Crippen LogP contribution in [-0.2, 0) is 16.0 Å². The van der Waals surface area contributed by atoms with Gasteiger partial charge < -0.3 is 10.2 Å². The molecule has 194 valence electrons. The summed E-state index contributed by atoms with van der Waals surface area (Å²) in [5.41, 5.74) is 2.50. The van der Waals surface area contributed by atoms with Crippen molar-refractivity contribution in [3.63, 3.8) is 0 Å². The number of sulfone groups is 1. The van der Waals surface area contributed by atoms with Gasteiger partial charge in [-0.25, -0.2) is 17.9 Å². The van der Waals surface area contributed by atoms with E-state index in [1.54, 1.807) is 12.4 Å². The Bertz CT molecular complexity index is 1560. The number of halogens is 3. The fourth-order valence-corrected chi connectivity index (χ4v) is 5.51. The first-order chi connectivity index (χ1) is 17.4. The first-order valence-corrected chi connectivity index (χ1v) is 13.7. The van der Waals surface area contributed by atoms with Gasteiger partial charge in [0, 0.05) is 60.6 Å². The molecule has 1 saturated heterocycles. The van der Waals surface area contributed by atoms with Gasteiger partial charge in [-0.3, -0.25) is 0 Å². The third-order valence-electron chi connectivity index (χ3n) is 6.66. The lowest BCUT2D eigenvalue weighted by atomic mass is 10.0. The lowest BCUT2D eigenvalue weighted by molar-refractivity contribution is -0.137. The van der Waals surface area contributed by atoms with Crippen LogP contribution < -0.4 is 10.2 Å². The number of hydrogen-bond acceptors (Lipinski definition) is 6. The highest BCUT2D eigenvalue weighted by Crippen LogP contribution is 2.36. The second-order valence-corrected chi connectivity index (χ2v) is 11.5. The van der Waals surface area contributed by atoms with Gasteiger partial charge in [0.05, 0.1) is 16.7 Å². The number of nitrogens with one attached hydrogen (secondary N) is 1. The number of piperazine rings is 1. The molecule has 0 bridgehead atoms. The smallest absolute Gasteiger partial charge is 0.364 e. The summed E-state index contributed by atoms with van der Waals surface area (Å²) in [4.78, 5) is 6.44. The van der Waals surface area contributed by atoms with E-state index < -0.39 is 26.5 Å². The lowest BCUT2D eigenvalue weighted by Gasteiger charge is -2.41. The number of hydrogen-bond donors (Lipinski definition) is 1. The zero-order valence-corrected chi connectivity index (χ0v) is 21.3. The largest absolute Gasteiger partial charge is 0.416 e. The maximum atomic E-state index is 13.5. The molecule has 1 fully saturated rings. The van der Waals surface area contributed by atoms with Gasteiger partial charge in [0.25, 0.3) is 0 Å². The van der Waals surface area contributed by atoms with Crippen LogP contribution in [0.3, 0.4) is 0 Å². The summed E-state index contributed by atoms with van der Waals surface area (Å²) >= 11 is 0. The number of alkyl halides is 3. The molecule has 1 aliphatic heterocycles. The third-order valence-corrected chi connectivity index (χ3v) is 7.75. The zero-order chi connectivity index (χ0) is 26.5. The summed E-state index contributed by atoms with van der Waals surface area (Å²) < 4.78 is 66.0. The number of nitrogens with zero attached hydrogens (tertiary/aromatic N) is 4. The molecule has 1 aliphatic rings. The van der Waals surface area contributed by atoms with Crippen LogP contribution >= 0.6 is 0 Å². The van der Waals surface area contributed by atoms with Crippen molar-refractivity contribution in [2.75, 3.05) is 24.2 Å². The molecule has 2 atom stereocenters. The van der Waals surface area contributed by atoms with Crippen molar-refractivity contribution in [3.05, 3.63) is 66.6 Å². The van der Waals surface area contributed by atoms with E-state index in [9.17, 15) is 21.6 Å². The van der Waals surface area contributed by atoms with Crippen LogP contribution in [0.15, 0.2) is 66.0 Å². The second-order valence-electron chi connectivity index (χ2n) is 9.50. The topological polar surface area (TPSA) is 79.6 Å². The molecule has 7 nitrogen and oxygen atoms in total. The fraction of sp³-hybridized carbons (Fsp3) is 0.308. The Morgan fingerprint density at radius 3 is 2.24 bits per heavy atom. The standard InChI is InChI=1S/C26H26F3N5O2S/c1-16-11-30-12-17(2)34(16)22-6-4-18(5-7-22)20-13-31-25-24(14-32-33(25)15-20)19-8-21(26(27,28)29)10-23(9-19)37(3,35)36/h4-10,13-17,30H,11-12H2,1-3H3/t16-,17+. The Kier molecular flexibility index (Phi) is 6.23. The van der Waals surface area contributed by atoms with Crippen molar-refractivity contribution in [1.29, 1.82) is 0 Å². The monoisotopic (exact) mass is 529 g/mol. The van der Waals surface area contributed by atoms with Crippen LogP contribution in [0.2, 0.25) is 0 Å². The number of rotatable bonds is 4. The Labute approximate surface area is 212 Å². The van der Waals surface area contributed by atoms with Gasteiger partial charge >= 0.3 is 6.18 Å². The Morgan fingerprint density at radius 1 is 0.946 bits per heavy atom. The van der Waals surface area contributed by atoms with E-state index in [2.05, 4.69) is 46.3 Å². The van der Waals surface area contributed by atoms with Gasteiger partial charge in [0.1, 0.15) is 0 Å². The normalized spacial score (nSPS) is 18.9. The van der Waals surface area contributed by atoms with Crippen molar-refractivity contribution in [3.8, 4) is 22.3 Å². The highest BCUT2D eigenvalue weighted by Gasteiger charge is 2.32. The molecule has 2 aromatic carbocycles. The van der Waals surface area contributed by atoms with Crippen molar-refractivity contribution < 1.29 is 21.6 Å². The van der Waals surface area contributed by atoms with Crippen molar-refractivity contribution in [2.24, 2.45) is 0 Å². The molecular weight excluding hydrogens is 503 g/mol. The molecule has 2 aromatic heterocycles. The van der Waals surface area contributed by atoms with Crippen LogP contribution in [0, 0.1) is 0 Å². The first kappa shape index (κ1) is 25.2. The average molecular weight is 530 g/mol. The number of benzene rings is 2.